The average Bonchev–Trinajstić information content (AvgIpc) is 2.59. The first-order valence-corrected chi connectivity index (χ1v) is 5.72. The summed E-state index contributed by atoms with van der Waals surface area (Å²) in [5.74, 6) is 0.655. The largest absolute Gasteiger partial charge is 0.478 e. The fourth-order valence-corrected chi connectivity index (χ4v) is 2.19. The van der Waals surface area contributed by atoms with Crippen molar-refractivity contribution >= 4 is 17.5 Å². The van der Waals surface area contributed by atoms with E-state index in [0.29, 0.717) is 23.3 Å². The summed E-state index contributed by atoms with van der Waals surface area (Å²) < 4.78 is 0. The number of rotatable bonds is 2. The molecule has 17 heavy (non-hydrogen) atoms. The van der Waals surface area contributed by atoms with Crippen molar-refractivity contribution in [1.82, 2.24) is 4.98 Å². The number of carbonyl (C=O) groups is 1. The molecule has 0 amide bonds. The molecule has 5 nitrogen and oxygen atoms in total. The van der Waals surface area contributed by atoms with Crippen LogP contribution in [0.25, 0.3) is 0 Å². The lowest BCUT2D eigenvalue weighted by Gasteiger charge is -2.19. The molecule has 1 aromatic heterocycles. The number of nitrogen functional groups attached to an aromatic ring is 1. The van der Waals surface area contributed by atoms with Gasteiger partial charge in [-0.25, -0.2) is 9.78 Å². The van der Waals surface area contributed by atoms with Crippen molar-refractivity contribution < 1.29 is 9.90 Å². The highest BCUT2D eigenvalue weighted by Gasteiger charge is 2.29. The van der Waals surface area contributed by atoms with Crippen LogP contribution in [0, 0.1) is 11.8 Å². The minimum Gasteiger partial charge on any atom is -0.478 e. The second-order valence-electron chi connectivity index (χ2n) is 4.80. The Kier molecular flexibility index (Phi) is 2.92. The van der Waals surface area contributed by atoms with E-state index >= 15 is 0 Å². The van der Waals surface area contributed by atoms with Crippen molar-refractivity contribution in [2.75, 3.05) is 23.7 Å². The van der Waals surface area contributed by atoms with Gasteiger partial charge in [0.05, 0.1) is 11.9 Å². The number of nitrogens with two attached hydrogens (primary N) is 1. The highest BCUT2D eigenvalue weighted by Crippen LogP contribution is 2.29. The summed E-state index contributed by atoms with van der Waals surface area (Å²) in [7, 11) is 0. The first kappa shape index (κ1) is 11.7. The van der Waals surface area contributed by atoms with Crippen LogP contribution in [0.3, 0.4) is 0 Å². The van der Waals surface area contributed by atoms with E-state index in [1.807, 2.05) is 4.90 Å². The lowest BCUT2D eigenvalue weighted by atomic mass is 10.0. The predicted molar refractivity (Wildman–Crippen MR) is 66.1 cm³/mol. The summed E-state index contributed by atoms with van der Waals surface area (Å²) >= 11 is 0. The number of carboxylic acids is 1. The van der Waals surface area contributed by atoms with Gasteiger partial charge in [-0.15, -0.1) is 0 Å². The van der Waals surface area contributed by atoms with Crippen molar-refractivity contribution in [1.29, 1.82) is 0 Å². The summed E-state index contributed by atoms with van der Waals surface area (Å²) in [6.45, 7) is 6.03. The summed E-state index contributed by atoms with van der Waals surface area (Å²) in [6.07, 6.45) is 1.51. The molecule has 1 fully saturated rings. The van der Waals surface area contributed by atoms with Crippen LogP contribution in [0.4, 0.5) is 11.5 Å². The maximum absolute atomic E-state index is 11.2. The Morgan fingerprint density at radius 3 is 2.59 bits per heavy atom. The predicted octanol–water partition coefficient (Wildman–Crippen LogP) is 1.45. The average molecular weight is 235 g/mol. The van der Waals surface area contributed by atoms with E-state index in [1.165, 1.54) is 12.3 Å². The molecule has 0 bridgehead atoms. The number of aromatic nitrogens is 1. The van der Waals surface area contributed by atoms with E-state index in [1.54, 1.807) is 0 Å². The molecule has 0 spiro atoms. The van der Waals surface area contributed by atoms with Gasteiger partial charge in [-0.3, -0.25) is 0 Å². The summed E-state index contributed by atoms with van der Waals surface area (Å²) in [4.78, 5) is 17.4. The molecule has 5 heteroatoms. The van der Waals surface area contributed by atoms with Crippen LogP contribution in [0.5, 0.6) is 0 Å². The van der Waals surface area contributed by atoms with Crippen molar-refractivity contribution in [3.05, 3.63) is 17.8 Å². The van der Waals surface area contributed by atoms with Gasteiger partial charge >= 0.3 is 5.97 Å². The number of hydrogen-bond acceptors (Lipinski definition) is 4. The smallest absolute Gasteiger partial charge is 0.339 e. The van der Waals surface area contributed by atoms with Crippen molar-refractivity contribution in [3.8, 4) is 0 Å². The second-order valence-corrected chi connectivity index (χ2v) is 4.80. The molecule has 92 valence electrons. The topological polar surface area (TPSA) is 79.5 Å². The molecule has 1 aromatic rings. The molecule has 1 saturated heterocycles. The Labute approximate surface area is 100 Å². The van der Waals surface area contributed by atoms with Gasteiger partial charge in [0.15, 0.2) is 0 Å². The molecule has 1 aliphatic heterocycles. The molecule has 0 saturated carbocycles. The molecule has 0 aliphatic carbocycles. The number of anilines is 2. The van der Waals surface area contributed by atoms with Crippen LogP contribution >= 0.6 is 0 Å². The van der Waals surface area contributed by atoms with Crippen molar-refractivity contribution in [2.45, 2.75) is 13.8 Å². The van der Waals surface area contributed by atoms with Crippen molar-refractivity contribution in [2.24, 2.45) is 11.8 Å². The maximum atomic E-state index is 11.2. The SMILES string of the molecule is CC1CN(c2ncc(N)cc2C(=O)O)CC1C. The third-order valence-corrected chi connectivity index (χ3v) is 3.41. The third kappa shape index (κ3) is 2.18. The summed E-state index contributed by atoms with van der Waals surface area (Å²) in [5, 5.41) is 9.16. The highest BCUT2D eigenvalue weighted by molar-refractivity contribution is 5.94. The van der Waals surface area contributed by atoms with Gasteiger partial charge in [0.1, 0.15) is 11.4 Å². The lowest BCUT2D eigenvalue weighted by Crippen LogP contribution is -2.23. The molecule has 1 aliphatic rings. The van der Waals surface area contributed by atoms with Gasteiger partial charge in [0.2, 0.25) is 0 Å². The monoisotopic (exact) mass is 235 g/mol. The zero-order valence-corrected chi connectivity index (χ0v) is 10.1. The lowest BCUT2D eigenvalue weighted by molar-refractivity contribution is 0.0697. The Bertz CT molecular complexity index is 437. The van der Waals surface area contributed by atoms with Gasteiger partial charge in [-0.2, -0.15) is 0 Å². The quantitative estimate of drug-likeness (QED) is 0.811. The van der Waals surface area contributed by atoms with Crippen LogP contribution in [0.2, 0.25) is 0 Å². The van der Waals surface area contributed by atoms with E-state index in [0.717, 1.165) is 13.1 Å². The zero-order chi connectivity index (χ0) is 12.6. The van der Waals surface area contributed by atoms with Gasteiger partial charge < -0.3 is 15.7 Å². The molecule has 3 N–H and O–H groups in total. The van der Waals surface area contributed by atoms with Gasteiger partial charge in [0.25, 0.3) is 0 Å². The van der Waals surface area contributed by atoms with E-state index < -0.39 is 5.97 Å². The van der Waals surface area contributed by atoms with Crippen LogP contribution < -0.4 is 10.6 Å². The summed E-state index contributed by atoms with van der Waals surface area (Å²) in [5.41, 5.74) is 6.14. The zero-order valence-electron chi connectivity index (χ0n) is 10.1. The molecule has 0 radical (unpaired) electrons. The maximum Gasteiger partial charge on any atom is 0.339 e. The van der Waals surface area contributed by atoms with Crippen LogP contribution in [0.1, 0.15) is 24.2 Å². The Morgan fingerprint density at radius 1 is 1.47 bits per heavy atom. The second kappa shape index (κ2) is 4.24. The van der Waals surface area contributed by atoms with Gasteiger partial charge in [0, 0.05) is 13.1 Å². The van der Waals surface area contributed by atoms with E-state index in [4.69, 9.17) is 10.8 Å². The molecule has 2 rings (SSSR count). The Hall–Kier alpha value is -1.78. The molecule has 2 heterocycles. The van der Waals surface area contributed by atoms with Gasteiger partial charge in [-0.1, -0.05) is 13.8 Å². The molecule has 2 atom stereocenters. The summed E-state index contributed by atoms with van der Waals surface area (Å²) in [6, 6.07) is 1.47. The number of pyridine rings is 1. The first-order valence-electron chi connectivity index (χ1n) is 5.72. The van der Waals surface area contributed by atoms with E-state index in [-0.39, 0.29) is 5.56 Å². The molecule has 0 aromatic carbocycles. The van der Waals surface area contributed by atoms with Gasteiger partial charge in [-0.05, 0) is 17.9 Å². The Balaban J connectivity index is 2.36. The standard InChI is InChI=1S/C12H17N3O2/c1-7-5-15(6-8(7)2)11-10(12(16)17)3-9(13)4-14-11/h3-4,7-8H,5-6,13H2,1-2H3,(H,16,17). The number of hydrogen-bond donors (Lipinski definition) is 2. The van der Waals surface area contributed by atoms with Crippen LogP contribution in [-0.4, -0.2) is 29.1 Å². The third-order valence-electron chi connectivity index (χ3n) is 3.41. The fraction of sp³-hybridized carbons (Fsp3) is 0.500. The number of carboxylic acid groups (broad SMARTS) is 1. The number of aromatic carboxylic acids is 1. The minimum absolute atomic E-state index is 0.186. The minimum atomic E-state index is -0.980. The highest BCUT2D eigenvalue weighted by atomic mass is 16.4. The van der Waals surface area contributed by atoms with E-state index in [9.17, 15) is 4.79 Å². The van der Waals surface area contributed by atoms with Crippen LogP contribution in [0.15, 0.2) is 12.3 Å². The molecule has 2 unspecified atom stereocenters. The van der Waals surface area contributed by atoms with E-state index in [2.05, 4.69) is 18.8 Å². The number of nitrogens with zero attached hydrogens (tertiary/aromatic N) is 2. The first-order chi connectivity index (χ1) is 7.99. The normalized spacial score (nSPS) is 24.0. The Morgan fingerprint density at radius 2 is 2.06 bits per heavy atom. The van der Waals surface area contributed by atoms with Crippen LogP contribution in [-0.2, 0) is 0 Å². The van der Waals surface area contributed by atoms with Crippen molar-refractivity contribution in [3.63, 3.8) is 0 Å². The molecular formula is C12H17N3O2. The fourth-order valence-electron chi connectivity index (χ4n) is 2.19. The molecular weight excluding hydrogens is 218 g/mol.